The van der Waals surface area contributed by atoms with Gasteiger partial charge in [-0.3, -0.25) is 0 Å². The number of benzene rings is 2. The summed E-state index contributed by atoms with van der Waals surface area (Å²) in [6.45, 7) is 8.17. The monoisotopic (exact) mass is 655 g/mol. The van der Waals surface area contributed by atoms with Crippen molar-refractivity contribution in [2.45, 2.75) is 64.7 Å². The maximum absolute atomic E-state index is 4.59. The van der Waals surface area contributed by atoms with Crippen molar-refractivity contribution < 1.29 is 13.7 Å². The Morgan fingerprint density at radius 2 is 1.02 bits per heavy atom. The summed E-state index contributed by atoms with van der Waals surface area (Å²) in [6, 6.07) is 29.0. The number of pyridine rings is 2. The van der Waals surface area contributed by atoms with Gasteiger partial charge in [0.25, 0.3) is 0 Å². The van der Waals surface area contributed by atoms with Gasteiger partial charge in [-0.2, -0.15) is 0 Å². The number of hydrogen-bond donors (Lipinski definition) is 0. The van der Waals surface area contributed by atoms with Crippen molar-refractivity contribution in [3.8, 4) is 0 Å². The summed E-state index contributed by atoms with van der Waals surface area (Å²) >= 11 is 0. The molecule has 5 aromatic rings. The molecule has 0 atom stereocenters. The SMILES string of the molecule is c1cc[n+](CCCn2cc[n+](CCC[n+]3ccccc3/N=N/c3ccc(N4CCCC4)cc3)c2)c(/N=N/c2ccc(N3CCCC3)cc2)c1. The maximum atomic E-state index is 4.59. The molecule has 0 N–H and O–H groups in total. The van der Waals surface area contributed by atoms with Crippen molar-refractivity contribution in [1.82, 2.24) is 4.57 Å². The standard InChI is InChI=1S/C39H47N10/c1-3-27-48(38(11-1)42-40-34-13-17-36(18-14-34)46-23-5-6-24-46)29-9-21-44-31-32-45(33-44)22-10-30-49-28-4-2-12-39(49)43-41-35-15-19-37(20-16-35)47-25-7-8-26-47/h1-4,11-20,27-28,31-33H,5-10,21-26,29-30H2/q+3. The van der Waals surface area contributed by atoms with Crippen LogP contribution in [-0.2, 0) is 26.2 Å². The molecule has 2 fully saturated rings. The molecule has 2 aliphatic heterocycles. The Morgan fingerprint density at radius 1 is 0.510 bits per heavy atom. The molecular weight excluding hydrogens is 608 g/mol. The first-order valence-corrected chi connectivity index (χ1v) is 17.8. The number of aryl methyl sites for hydroxylation is 4. The van der Waals surface area contributed by atoms with Crippen LogP contribution in [-0.4, -0.2) is 30.7 Å². The molecule has 7 rings (SSSR count). The van der Waals surface area contributed by atoms with Crippen molar-refractivity contribution >= 4 is 34.4 Å². The lowest BCUT2D eigenvalue weighted by atomic mass is 10.2. The number of hydrogen-bond acceptors (Lipinski definition) is 6. The molecule has 0 bridgehead atoms. The van der Waals surface area contributed by atoms with E-state index in [0.29, 0.717) is 0 Å². The molecule has 10 nitrogen and oxygen atoms in total. The fraction of sp³-hybridized carbons (Fsp3) is 0.359. The largest absolute Gasteiger partial charge is 0.372 e. The van der Waals surface area contributed by atoms with Crippen molar-refractivity contribution in [2.75, 3.05) is 36.0 Å². The third-order valence-electron chi connectivity index (χ3n) is 9.39. The molecule has 0 unspecified atom stereocenters. The molecule has 0 amide bonds. The highest BCUT2D eigenvalue weighted by atomic mass is 15.2. The maximum Gasteiger partial charge on any atom is 0.350 e. The predicted octanol–water partition coefficient (Wildman–Crippen LogP) is 7.56. The van der Waals surface area contributed by atoms with Crippen LogP contribution in [0.15, 0.2) is 137 Å². The Labute approximate surface area is 289 Å². The molecule has 0 saturated carbocycles. The fourth-order valence-electron chi connectivity index (χ4n) is 6.67. The molecule has 10 heteroatoms. The Hall–Kier alpha value is -5.25. The van der Waals surface area contributed by atoms with E-state index in [9.17, 15) is 0 Å². The minimum absolute atomic E-state index is 0.862. The molecular formula is C39H47N10+3. The zero-order valence-electron chi connectivity index (χ0n) is 28.3. The molecule has 49 heavy (non-hydrogen) atoms. The van der Waals surface area contributed by atoms with E-state index in [-0.39, 0.29) is 0 Å². The van der Waals surface area contributed by atoms with Gasteiger partial charge in [-0.15, -0.1) is 0 Å². The van der Waals surface area contributed by atoms with Crippen LogP contribution >= 0.6 is 0 Å². The summed E-state index contributed by atoms with van der Waals surface area (Å²) in [5.74, 6) is 1.72. The van der Waals surface area contributed by atoms with Gasteiger partial charge in [0.15, 0.2) is 0 Å². The molecule has 2 aliphatic rings. The summed E-state index contributed by atoms with van der Waals surface area (Å²) in [5.41, 5.74) is 4.30. The molecule has 0 spiro atoms. The molecule has 2 aromatic carbocycles. The number of anilines is 2. The second-order valence-electron chi connectivity index (χ2n) is 12.9. The summed E-state index contributed by atoms with van der Waals surface area (Å²) < 4.78 is 8.87. The van der Waals surface area contributed by atoms with Crippen molar-refractivity contribution in [2.24, 2.45) is 20.5 Å². The fourth-order valence-corrected chi connectivity index (χ4v) is 6.67. The van der Waals surface area contributed by atoms with Crippen LogP contribution in [0, 0.1) is 0 Å². The van der Waals surface area contributed by atoms with Crippen molar-refractivity contribution in [3.05, 3.63) is 116 Å². The van der Waals surface area contributed by atoms with E-state index in [0.717, 1.165) is 88.2 Å². The number of rotatable bonds is 14. The van der Waals surface area contributed by atoms with Crippen molar-refractivity contribution in [1.29, 1.82) is 0 Å². The zero-order chi connectivity index (χ0) is 33.1. The zero-order valence-corrected chi connectivity index (χ0v) is 28.3. The summed E-state index contributed by atoms with van der Waals surface area (Å²) in [4.78, 5) is 4.87. The predicted molar refractivity (Wildman–Crippen MR) is 191 cm³/mol. The van der Waals surface area contributed by atoms with Gasteiger partial charge >= 0.3 is 11.6 Å². The van der Waals surface area contributed by atoms with E-state index in [4.69, 9.17) is 0 Å². The van der Waals surface area contributed by atoms with Crippen molar-refractivity contribution in [3.63, 3.8) is 0 Å². The van der Waals surface area contributed by atoms with Crippen LogP contribution in [0.3, 0.4) is 0 Å². The average Bonchev–Trinajstić information content (AvgIpc) is 3.96. The van der Waals surface area contributed by atoms with E-state index in [1.807, 2.05) is 24.3 Å². The van der Waals surface area contributed by atoms with Gasteiger partial charge < -0.3 is 9.80 Å². The van der Waals surface area contributed by atoms with E-state index < -0.39 is 0 Å². The normalized spacial score (nSPS) is 14.9. The van der Waals surface area contributed by atoms with Gasteiger partial charge in [-0.1, -0.05) is 12.1 Å². The van der Waals surface area contributed by atoms with Crippen LogP contribution in [0.1, 0.15) is 38.5 Å². The van der Waals surface area contributed by atoms with E-state index in [1.54, 1.807) is 0 Å². The molecule has 5 heterocycles. The number of nitrogens with zero attached hydrogens (tertiary/aromatic N) is 10. The number of aromatic nitrogens is 4. The molecule has 3 aromatic heterocycles. The third-order valence-corrected chi connectivity index (χ3v) is 9.39. The summed E-state index contributed by atoms with van der Waals surface area (Å²) in [7, 11) is 0. The second kappa shape index (κ2) is 16.2. The first-order valence-electron chi connectivity index (χ1n) is 17.8. The highest BCUT2D eigenvalue weighted by Crippen LogP contribution is 2.25. The third kappa shape index (κ3) is 8.81. The Balaban J connectivity index is 0.870. The lowest BCUT2D eigenvalue weighted by Gasteiger charge is -2.16. The van der Waals surface area contributed by atoms with Gasteiger partial charge in [-0.25, -0.2) is 18.3 Å². The first kappa shape index (κ1) is 32.3. The van der Waals surface area contributed by atoms with Gasteiger partial charge in [-0.05, 0) is 96.6 Å². The lowest BCUT2D eigenvalue weighted by molar-refractivity contribution is -0.721. The van der Waals surface area contributed by atoms with Crippen LogP contribution in [0.5, 0.6) is 0 Å². The Morgan fingerprint density at radius 3 is 1.55 bits per heavy atom. The highest BCUT2D eigenvalue weighted by molar-refractivity contribution is 5.54. The van der Waals surface area contributed by atoms with Gasteiger partial charge in [0.05, 0.1) is 48.8 Å². The van der Waals surface area contributed by atoms with E-state index in [2.05, 4.69) is 140 Å². The molecule has 2 saturated heterocycles. The number of imidazole rings is 1. The first-order chi connectivity index (χ1) is 24.3. The van der Waals surface area contributed by atoms with Crippen LogP contribution < -0.4 is 23.5 Å². The van der Waals surface area contributed by atoms with Crippen LogP contribution in [0.2, 0.25) is 0 Å². The summed E-state index contributed by atoms with van der Waals surface area (Å²) in [5, 5.41) is 18.2. The second-order valence-corrected chi connectivity index (χ2v) is 12.9. The minimum atomic E-state index is 0.862. The lowest BCUT2D eigenvalue weighted by Crippen LogP contribution is -2.38. The van der Waals surface area contributed by atoms with E-state index in [1.165, 1.54) is 37.1 Å². The van der Waals surface area contributed by atoms with Gasteiger partial charge in [0.2, 0.25) is 6.33 Å². The Bertz CT molecular complexity index is 1700. The Kier molecular flexibility index (Phi) is 10.7. The van der Waals surface area contributed by atoms with Gasteiger partial charge in [0.1, 0.15) is 23.8 Å². The number of azo groups is 2. The minimum Gasteiger partial charge on any atom is -0.372 e. The molecule has 250 valence electrons. The van der Waals surface area contributed by atoms with Crippen LogP contribution in [0.25, 0.3) is 0 Å². The molecule has 0 radical (unpaired) electrons. The summed E-state index contributed by atoms with van der Waals surface area (Å²) in [6.07, 6.45) is 17.8. The highest BCUT2D eigenvalue weighted by Gasteiger charge is 2.15. The average molecular weight is 656 g/mol. The quantitative estimate of drug-likeness (QED) is 0.0915. The van der Waals surface area contributed by atoms with E-state index >= 15 is 0 Å². The smallest absolute Gasteiger partial charge is 0.350 e. The molecule has 0 aliphatic carbocycles. The van der Waals surface area contributed by atoms with Crippen LogP contribution in [0.4, 0.5) is 34.4 Å². The topological polar surface area (TPSA) is 72.5 Å². The van der Waals surface area contributed by atoms with Gasteiger partial charge in [0, 0.05) is 62.5 Å².